The molecule has 17 heavy (non-hydrogen) atoms. The van der Waals surface area contributed by atoms with Gasteiger partial charge in [-0.15, -0.1) is 0 Å². The third kappa shape index (κ3) is 2.79. The normalized spacial score (nSPS) is 12.6. The van der Waals surface area contributed by atoms with Crippen LogP contribution in [-0.2, 0) is 0 Å². The molecule has 2 aromatic rings. The van der Waals surface area contributed by atoms with Crippen molar-refractivity contribution < 1.29 is 4.42 Å². The largest absolute Gasteiger partial charge is 0.457 e. The van der Waals surface area contributed by atoms with Crippen LogP contribution in [0.4, 0.5) is 0 Å². The van der Waals surface area contributed by atoms with E-state index in [-0.39, 0.29) is 6.04 Å². The highest BCUT2D eigenvalue weighted by Gasteiger charge is 2.17. The van der Waals surface area contributed by atoms with Gasteiger partial charge in [-0.05, 0) is 41.0 Å². The summed E-state index contributed by atoms with van der Waals surface area (Å²) in [6.45, 7) is 5.13. The van der Waals surface area contributed by atoms with Gasteiger partial charge >= 0.3 is 0 Å². The van der Waals surface area contributed by atoms with Crippen LogP contribution in [0.15, 0.2) is 45.7 Å². The molecule has 90 valence electrons. The van der Waals surface area contributed by atoms with E-state index in [4.69, 9.17) is 4.42 Å². The Balaban J connectivity index is 2.39. The molecular weight excluding hydrogens is 278 g/mol. The first-order chi connectivity index (χ1) is 8.22. The average molecular weight is 294 g/mol. The lowest BCUT2D eigenvalue weighted by atomic mass is 9.99. The predicted molar refractivity (Wildman–Crippen MR) is 73.1 cm³/mol. The monoisotopic (exact) mass is 293 g/mol. The third-order valence-corrected chi connectivity index (χ3v) is 3.39. The number of furan rings is 1. The maximum Gasteiger partial charge on any atom is 0.174 e. The van der Waals surface area contributed by atoms with E-state index in [0.29, 0.717) is 0 Å². The molecule has 0 amide bonds. The van der Waals surface area contributed by atoms with E-state index < -0.39 is 0 Å². The lowest BCUT2D eigenvalue weighted by molar-refractivity contribution is 0.526. The standard InChI is InChI=1S/C14H16BrNO/c1-3-16-13(12-7-8-17-14(12)15)11-6-4-5-10(2)9-11/h4-9,13,16H,3H2,1-2H3. The zero-order chi connectivity index (χ0) is 12.3. The molecule has 1 aromatic carbocycles. The number of hydrogen-bond acceptors (Lipinski definition) is 2. The average Bonchev–Trinajstić information content (AvgIpc) is 2.72. The van der Waals surface area contributed by atoms with Gasteiger partial charge in [0.15, 0.2) is 4.67 Å². The molecule has 0 spiro atoms. The van der Waals surface area contributed by atoms with Crippen molar-refractivity contribution in [1.29, 1.82) is 0 Å². The molecule has 0 aliphatic carbocycles. The fraction of sp³-hybridized carbons (Fsp3) is 0.286. The van der Waals surface area contributed by atoms with Crippen LogP contribution in [0.3, 0.4) is 0 Å². The Morgan fingerprint density at radius 3 is 2.76 bits per heavy atom. The molecule has 0 aliphatic rings. The predicted octanol–water partition coefficient (Wildman–Crippen LogP) is 4.05. The number of aryl methyl sites for hydroxylation is 1. The number of nitrogens with one attached hydrogen (secondary N) is 1. The topological polar surface area (TPSA) is 25.2 Å². The van der Waals surface area contributed by atoms with Crippen LogP contribution < -0.4 is 5.32 Å². The van der Waals surface area contributed by atoms with Crippen molar-refractivity contribution in [3.63, 3.8) is 0 Å². The molecule has 0 bridgehead atoms. The first-order valence-electron chi connectivity index (χ1n) is 5.75. The van der Waals surface area contributed by atoms with E-state index in [1.165, 1.54) is 11.1 Å². The minimum Gasteiger partial charge on any atom is -0.457 e. The Morgan fingerprint density at radius 2 is 2.18 bits per heavy atom. The van der Waals surface area contributed by atoms with Crippen LogP contribution in [0.2, 0.25) is 0 Å². The zero-order valence-corrected chi connectivity index (χ0v) is 11.6. The van der Waals surface area contributed by atoms with Gasteiger partial charge in [-0.1, -0.05) is 36.8 Å². The van der Waals surface area contributed by atoms with Crippen molar-refractivity contribution in [2.45, 2.75) is 19.9 Å². The number of benzene rings is 1. The van der Waals surface area contributed by atoms with E-state index in [0.717, 1.165) is 16.8 Å². The van der Waals surface area contributed by atoms with E-state index in [9.17, 15) is 0 Å². The molecule has 0 saturated heterocycles. The maximum atomic E-state index is 5.32. The van der Waals surface area contributed by atoms with Gasteiger partial charge in [-0.25, -0.2) is 0 Å². The summed E-state index contributed by atoms with van der Waals surface area (Å²) >= 11 is 3.45. The Kier molecular flexibility index (Phi) is 4.02. The number of halogens is 1. The van der Waals surface area contributed by atoms with E-state index in [1.807, 2.05) is 6.07 Å². The highest BCUT2D eigenvalue weighted by molar-refractivity contribution is 9.10. The molecule has 0 radical (unpaired) electrons. The molecule has 3 heteroatoms. The van der Waals surface area contributed by atoms with Gasteiger partial charge in [-0.3, -0.25) is 0 Å². The summed E-state index contributed by atoms with van der Waals surface area (Å²) in [5.74, 6) is 0. The van der Waals surface area contributed by atoms with Crippen LogP contribution in [-0.4, -0.2) is 6.54 Å². The van der Waals surface area contributed by atoms with Crippen LogP contribution in [0.5, 0.6) is 0 Å². The van der Waals surface area contributed by atoms with E-state index in [2.05, 4.69) is 59.4 Å². The first kappa shape index (κ1) is 12.4. The van der Waals surface area contributed by atoms with Crippen molar-refractivity contribution in [2.24, 2.45) is 0 Å². The molecular formula is C14H16BrNO. The number of hydrogen-bond donors (Lipinski definition) is 1. The van der Waals surface area contributed by atoms with Crippen molar-refractivity contribution >= 4 is 15.9 Å². The molecule has 0 fully saturated rings. The first-order valence-corrected chi connectivity index (χ1v) is 6.54. The molecule has 1 heterocycles. The van der Waals surface area contributed by atoms with Crippen LogP contribution in [0.1, 0.15) is 29.7 Å². The van der Waals surface area contributed by atoms with Gasteiger partial charge in [0.05, 0.1) is 12.3 Å². The van der Waals surface area contributed by atoms with Gasteiger partial charge in [0, 0.05) is 5.56 Å². The van der Waals surface area contributed by atoms with Gasteiger partial charge in [0.1, 0.15) is 0 Å². The second-order valence-corrected chi connectivity index (χ2v) is 4.77. The second kappa shape index (κ2) is 5.52. The summed E-state index contributed by atoms with van der Waals surface area (Å²) in [4.78, 5) is 0. The van der Waals surface area contributed by atoms with Crippen LogP contribution in [0.25, 0.3) is 0 Å². The lowest BCUT2D eigenvalue weighted by Gasteiger charge is -2.18. The molecule has 1 aromatic heterocycles. The summed E-state index contributed by atoms with van der Waals surface area (Å²) in [6, 6.07) is 10.7. The zero-order valence-electron chi connectivity index (χ0n) is 10.0. The van der Waals surface area contributed by atoms with Gasteiger partial charge in [0.2, 0.25) is 0 Å². The van der Waals surface area contributed by atoms with Crippen molar-refractivity contribution in [3.8, 4) is 0 Å². The Hall–Kier alpha value is -1.06. The summed E-state index contributed by atoms with van der Waals surface area (Å²) in [6.07, 6.45) is 1.71. The van der Waals surface area contributed by atoms with Crippen LogP contribution >= 0.6 is 15.9 Å². The summed E-state index contributed by atoms with van der Waals surface area (Å²) in [5, 5.41) is 3.48. The third-order valence-electron chi connectivity index (χ3n) is 2.74. The second-order valence-electron chi connectivity index (χ2n) is 4.05. The van der Waals surface area contributed by atoms with Gasteiger partial charge in [-0.2, -0.15) is 0 Å². The fourth-order valence-corrected chi connectivity index (χ4v) is 2.44. The summed E-state index contributed by atoms with van der Waals surface area (Å²) < 4.78 is 6.12. The molecule has 0 aliphatic heterocycles. The van der Waals surface area contributed by atoms with Crippen molar-refractivity contribution in [2.75, 3.05) is 6.54 Å². The Morgan fingerprint density at radius 1 is 1.35 bits per heavy atom. The number of rotatable bonds is 4. The molecule has 1 atom stereocenters. The molecule has 2 nitrogen and oxygen atoms in total. The summed E-state index contributed by atoms with van der Waals surface area (Å²) in [7, 11) is 0. The van der Waals surface area contributed by atoms with Crippen molar-refractivity contribution in [1.82, 2.24) is 5.32 Å². The lowest BCUT2D eigenvalue weighted by Crippen LogP contribution is -2.21. The Labute approximate surface area is 110 Å². The van der Waals surface area contributed by atoms with Gasteiger partial charge < -0.3 is 9.73 Å². The highest BCUT2D eigenvalue weighted by atomic mass is 79.9. The minimum absolute atomic E-state index is 0.174. The highest BCUT2D eigenvalue weighted by Crippen LogP contribution is 2.29. The smallest absolute Gasteiger partial charge is 0.174 e. The molecule has 1 N–H and O–H groups in total. The van der Waals surface area contributed by atoms with Crippen LogP contribution in [0, 0.1) is 6.92 Å². The van der Waals surface area contributed by atoms with E-state index in [1.54, 1.807) is 6.26 Å². The molecule has 1 unspecified atom stereocenters. The van der Waals surface area contributed by atoms with E-state index >= 15 is 0 Å². The summed E-state index contributed by atoms with van der Waals surface area (Å²) in [5.41, 5.74) is 3.66. The minimum atomic E-state index is 0.174. The fourth-order valence-electron chi connectivity index (χ4n) is 1.97. The quantitative estimate of drug-likeness (QED) is 0.920. The Bertz CT molecular complexity index is 492. The SMILES string of the molecule is CCNC(c1cccc(C)c1)c1ccoc1Br. The molecule has 0 saturated carbocycles. The van der Waals surface area contributed by atoms with Gasteiger partial charge in [0.25, 0.3) is 0 Å². The van der Waals surface area contributed by atoms with Crippen molar-refractivity contribution in [3.05, 3.63) is 58.0 Å². The maximum absolute atomic E-state index is 5.32. The molecule has 2 rings (SSSR count).